The fourth-order valence-electron chi connectivity index (χ4n) is 3.06. The minimum atomic E-state index is 0.115. The first-order chi connectivity index (χ1) is 12.7. The van der Waals surface area contributed by atoms with E-state index < -0.39 is 0 Å². The number of nitrogens with zero attached hydrogens (tertiary/aromatic N) is 3. The van der Waals surface area contributed by atoms with Crippen molar-refractivity contribution in [2.24, 2.45) is 0 Å². The van der Waals surface area contributed by atoms with E-state index in [0.717, 1.165) is 43.3 Å². The number of amides is 1. The number of fused-ring (bicyclic) bond motifs is 1. The van der Waals surface area contributed by atoms with Crippen molar-refractivity contribution in [1.82, 2.24) is 9.88 Å². The Morgan fingerprint density at radius 1 is 1.15 bits per heavy atom. The largest absolute Gasteiger partial charge is 0.497 e. The van der Waals surface area contributed by atoms with E-state index >= 15 is 0 Å². The number of carbonyl (C=O) groups excluding carboxylic acids is 1. The minimum absolute atomic E-state index is 0.115. The summed E-state index contributed by atoms with van der Waals surface area (Å²) in [7, 11) is 1.67. The summed E-state index contributed by atoms with van der Waals surface area (Å²) in [5, 5.41) is 1.01. The van der Waals surface area contributed by atoms with E-state index in [0.29, 0.717) is 13.1 Å². The van der Waals surface area contributed by atoms with E-state index in [-0.39, 0.29) is 5.91 Å². The first-order valence-electron chi connectivity index (χ1n) is 8.39. The van der Waals surface area contributed by atoms with Crippen LogP contribution in [0.25, 0.3) is 10.2 Å². The van der Waals surface area contributed by atoms with E-state index in [9.17, 15) is 4.79 Å². The van der Waals surface area contributed by atoms with Gasteiger partial charge in [-0.05, 0) is 52.9 Å². The van der Waals surface area contributed by atoms with Crippen LogP contribution in [-0.4, -0.2) is 49.1 Å². The molecule has 134 valence electrons. The number of hydrogen-bond donors (Lipinski definition) is 0. The number of halogens is 1. The van der Waals surface area contributed by atoms with E-state index in [4.69, 9.17) is 9.72 Å². The predicted octanol–water partition coefficient (Wildman–Crippen LogP) is 3.87. The molecule has 4 rings (SSSR count). The number of aromatic nitrogens is 1. The minimum Gasteiger partial charge on any atom is -0.497 e. The van der Waals surface area contributed by atoms with Crippen molar-refractivity contribution < 1.29 is 9.53 Å². The lowest BCUT2D eigenvalue weighted by molar-refractivity contribution is 0.0745. The van der Waals surface area contributed by atoms with Gasteiger partial charge < -0.3 is 14.5 Å². The van der Waals surface area contributed by atoms with E-state index in [1.165, 1.54) is 0 Å². The predicted molar refractivity (Wildman–Crippen MR) is 113 cm³/mol. The molecule has 1 amide bonds. The summed E-state index contributed by atoms with van der Waals surface area (Å²) >= 11 is 3.89. The summed E-state index contributed by atoms with van der Waals surface area (Å²) in [5.74, 6) is 0.962. The SMILES string of the molecule is COc1ccc2nc(N3CCN(C(=O)c4ccccc4I)CC3)sc2c1. The standard InChI is InChI=1S/C19H18IN3O2S/c1-25-13-6-7-16-17(12-13)26-19(21-16)23-10-8-22(9-11-23)18(24)14-4-2-3-5-15(14)20/h2-7,12H,8-11H2,1H3. The zero-order valence-electron chi connectivity index (χ0n) is 14.3. The Morgan fingerprint density at radius 2 is 1.92 bits per heavy atom. The molecular weight excluding hydrogens is 461 g/mol. The van der Waals surface area contributed by atoms with Gasteiger partial charge in [0, 0.05) is 29.7 Å². The molecule has 0 spiro atoms. The molecular formula is C19H18IN3O2S. The number of anilines is 1. The molecule has 26 heavy (non-hydrogen) atoms. The van der Waals surface area contributed by atoms with E-state index in [1.807, 2.05) is 47.4 Å². The van der Waals surface area contributed by atoms with Crippen LogP contribution in [0.1, 0.15) is 10.4 Å². The Balaban J connectivity index is 1.46. The second kappa shape index (κ2) is 7.40. The van der Waals surface area contributed by atoms with Gasteiger partial charge in [0.15, 0.2) is 5.13 Å². The molecule has 1 aromatic heterocycles. The van der Waals surface area contributed by atoms with Gasteiger partial charge in [0.25, 0.3) is 5.91 Å². The maximum absolute atomic E-state index is 12.8. The van der Waals surface area contributed by atoms with E-state index in [2.05, 4.69) is 27.5 Å². The molecule has 2 aromatic carbocycles. The lowest BCUT2D eigenvalue weighted by Gasteiger charge is -2.34. The highest BCUT2D eigenvalue weighted by atomic mass is 127. The Hall–Kier alpha value is -1.87. The monoisotopic (exact) mass is 479 g/mol. The zero-order chi connectivity index (χ0) is 18.1. The second-order valence-corrected chi connectivity index (χ2v) is 8.26. The Morgan fingerprint density at radius 3 is 2.65 bits per heavy atom. The summed E-state index contributed by atoms with van der Waals surface area (Å²) < 4.78 is 7.41. The van der Waals surface area contributed by atoms with E-state index in [1.54, 1.807) is 18.4 Å². The van der Waals surface area contributed by atoms with Crippen molar-refractivity contribution in [2.75, 3.05) is 38.2 Å². The van der Waals surface area contributed by atoms with Gasteiger partial charge in [-0.2, -0.15) is 0 Å². The molecule has 0 aliphatic carbocycles. The van der Waals surface area contributed by atoms with Crippen molar-refractivity contribution in [3.05, 3.63) is 51.6 Å². The number of piperazine rings is 1. The number of rotatable bonds is 3. The van der Waals surface area contributed by atoms with Gasteiger partial charge in [-0.15, -0.1) is 0 Å². The topological polar surface area (TPSA) is 45.7 Å². The molecule has 1 aliphatic rings. The van der Waals surface area contributed by atoms with Crippen molar-refractivity contribution in [3.63, 3.8) is 0 Å². The van der Waals surface area contributed by atoms with Gasteiger partial charge in [0.05, 0.1) is 22.9 Å². The smallest absolute Gasteiger partial charge is 0.255 e. The molecule has 0 radical (unpaired) electrons. The number of carbonyl (C=O) groups is 1. The van der Waals surface area contributed by atoms with Crippen LogP contribution < -0.4 is 9.64 Å². The van der Waals surface area contributed by atoms with Crippen molar-refractivity contribution in [3.8, 4) is 5.75 Å². The molecule has 1 aliphatic heterocycles. The number of hydrogen-bond acceptors (Lipinski definition) is 5. The zero-order valence-corrected chi connectivity index (χ0v) is 17.3. The molecule has 2 heterocycles. The molecule has 0 unspecified atom stereocenters. The van der Waals surface area contributed by atoms with Crippen LogP contribution in [0.15, 0.2) is 42.5 Å². The Labute approximate surface area is 169 Å². The van der Waals surface area contributed by atoms with Crippen LogP contribution in [0, 0.1) is 3.57 Å². The Kier molecular flexibility index (Phi) is 4.99. The molecule has 1 fully saturated rings. The summed E-state index contributed by atoms with van der Waals surface area (Å²) in [6.45, 7) is 3.02. The molecule has 0 N–H and O–H groups in total. The average molecular weight is 479 g/mol. The van der Waals surface area contributed by atoms with Crippen molar-refractivity contribution in [1.29, 1.82) is 0 Å². The number of methoxy groups -OCH3 is 1. The summed E-state index contributed by atoms with van der Waals surface area (Å²) in [5.41, 5.74) is 1.77. The maximum Gasteiger partial charge on any atom is 0.255 e. The first kappa shape index (κ1) is 17.5. The third kappa shape index (κ3) is 3.37. The molecule has 7 heteroatoms. The third-order valence-corrected chi connectivity index (χ3v) is 6.55. The number of ether oxygens (including phenoxy) is 1. The van der Waals surface area contributed by atoms with Gasteiger partial charge in [0.2, 0.25) is 0 Å². The van der Waals surface area contributed by atoms with Gasteiger partial charge >= 0.3 is 0 Å². The molecule has 0 saturated carbocycles. The van der Waals surface area contributed by atoms with Crippen LogP contribution in [-0.2, 0) is 0 Å². The highest BCUT2D eigenvalue weighted by Gasteiger charge is 2.24. The number of benzene rings is 2. The van der Waals surface area contributed by atoms with Gasteiger partial charge in [0.1, 0.15) is 5.75 Å². The highest BCUT2D eigenvalue weighted by molar-refractivity contribution is 14.1. The molecule has 3 aromatic rings. The van der Waals surface area contributed by atoms with Crippen LogP contribution in [0.3, 0.4) is 0 Å². The average Bonchev–Trinajstić information content (AvgIpc) is 3.11. The first-order valence-corrected chi connectivity index (χ1v) is 10.3. The number of thiazole rings is 1. The summed E-state index contributed by atoms with van der Waals surface area (Å²) in [4.78, 5) is 21.7. The maximum atomic E-state index is 12.8. The molecule has 0 bridgehead atoms. The van der Waals surface area contributed by atoms with Crippen molar-refractivity contribution >= 4 is 55.2 Å². The van der Waals surface area contributed by atoms with Crippen LogP contribution >= 0.6 is 33.9 Å². The third-order valence-electron chi connectivity index (χ3n) is 4.53. The van der Waals surface area contributed by atoms with Crippen molar-refractivity contribution in [2.45, 2.75) is 0 Å². The fourth-order valence-corrected chi connectivity index (χ4v) is 4.72. The second-order valence-electron chi connectivity index (χ2n) is 6.09. The fraction of sp³-hybridized carbons (Fsp3) is 0.263. The summed E-state index contributed by atoms with van der Waals surface area (Å²) in [6.07, 6.45) is 0. The lowest BCUT2D eigenvalue weighted by atomic mass is 10.2. The molecule has 0 atom stereocenters. The van der Waals surface area contributed by atoms with Crippen LogP contribution in [0.2, 0.25) is 0 Å². The molecule has 1 saturated heterocycles. The lowest BCUT2D eigenvalue weighted by Crippen LogP contribution is -2.48. The van der Waals surface area contributed by atoms with Gasteiger partial charge in [-0.1, -0.05) is 23.5 Å². The molecule has 5 nitrogen and oxygen atoms in total. The normalized spacial score (nSPS) is 14.7. The van der Waals surface area contributed by atoms with Gasteiger partial charge in [-0.25, -0.2) is 4.98 Å². The highest BCUT2D eigenvalue weighted by Crippen LogP contribution is 2.32. The summed E-state index contributed by atoms with van der Waals surface area (Å²) in [6, 6.07) is 13.7. The van der Waals surface area contributed by atoms with Crippen LogP contribution in [0.4, 0.5) is 5.13 Å². The van der Waals surface area contributed by atoms with Crippen LogP contribution in [0.5, 0.6) is 5.75 Å². The van der Waals surface area contributed by atoms with Gasteiger partial charge in [-0.3, -0.25) is 4.79 Å². The Bertz CT molecular complexity index is 951. The quantitative estimate of drug-likeness (QED) is 0.536.